The van der Waals surface area contributed by atoms with Crippen LogP contribution in [0.2, 0.25) is 0 Å². The molecule has 216 valence electrons. The van der Waals surface area contributed by atoms with Crippen LogP contribution in [0.4, 0.5) is 0 Å². The van der Waals surface area contributed by atoms with Gasteiger partial charge in [0, 0.05) is 24.2 Å². The van der Waals surface area contributed by atoms with Gasteiger partial charge in [0.2, 0.25) is 0 Å². The number of ether oxygens (including phenoxy) is 3. The Kier molecular flexibility index (Phi) is 9.96. The molecular formula is C32H36N2O6S. The predicted octanol–water partition coefficient (Wildman–Crippen LogP) is 5.83. The van der Waals surface area contributed by atoms with Gasteiger partial charge in [-0.25, -0.2) is 4.79 Å². The van der Waals surface area contributed by atoms with Crippen LogP contribution in [0, 0.1) is 0 Å². The van der Waals surface area contributed by atoms with Crippen molar-refractivity contribution in [1.82, 2.24) is 4.57 Å². The molecule has 8 nitrogen and oxygen atoms in total. The Morgan fingerprint density at radius 2 is 1.73 bits per heavy atom. The number of benzene rings is 3. The summed E-state index contributed by atoms with van der Waals surface area (Å²) in [5.41, 5.74) is 3.85. The fourth-order valence-corrected chi connectivity index (χ4v) is 5.17. The molecule has 4 aromatic rings. The van der Waals surface area contributed by atoms with E-state index in [1.807, 2.05) is 100 Å². The Bertz CT molecular complexity index is 1530. The lowest BCUT2D eigenvalue weighted by molar-refractivity contribution is -0.153. The third-order valence-electron chi connectivity index (χ3n) is 6.16. The first-order valence-corrected chi connectivity index (χ1v) is 14.4. The first-order chi connectivity index (χ1) is 19.7. The molecule has 3 aromatic carbocycles. The van der Waals surface area contributed by atoms with Crippen molar-refractivity contribution in [2.24, 2.45) is 5.16 Å². The molecule has 1 aromatic heterocycles. The lowest BCUT2D eigenvalue weighted by Crippen LogP contribution is -2.28. The van der Waals surface area contributed by atoms with Crippen LogP contribution in [-0.4, -0.2) is 48.3 Å². The molecule has 0 saturated carbocycles. The van der Waals surface area contributed by atoms with Crippen molar-refractivity contribution in [3.63, 3.8) is 0 Å². The maximum absolute atomic E-state index is 12.9. The number of thiazole rings is 1. The van der Waals surface area contributed by atoms with Crippen LogP contribution < -0.4 is 9.61 Å². The number of aromatic nitrogens is 1. The number of oxime groups is 1. The van der Waals surface area contributed by atoms with Crippen LogP contribution in [0.1, 0.15) is 44.4 Å². The topological polar surface area (TPSA) is 88.4 Å². The molecule has 0 spiro atoms. The van der Waals surface area contributed by atoms with Gasteiger partial charge < -0.3 is 19.0 Å². The highest BCUT2D eigenvalue weighted by Gasteiger charge is 2.20. The average molecular weight is 577 g/mol. The highest BCUT2D eigenvalue weighted by molar-refractivity contribution is 7.16. The Labute approximate surface area is 244 Å². The summed E-state index contributed by atoms with van der Waals surface area (Å²) in [4.78, 5) is 30.5. The zero-order valence-corrected chi connectivity index (χ0v) is 24.9. The number of methoxy groups -OCH3 is 1. The molecule has 41 heavy (non-hydrogen) atoms. The zero-order chi connectivity index (χ0) is 29.4. The van der Waals surface area contributed by atoms with E-state index in [0.717, 1.165) is 26.9 Å². The molecule has 0 N–H and O–H groups in total. The molecule has 0 saturated heterocycles. The lowest BCUT2D eigenvalue weighted by atomic mass is 10.0. The SMILES string of the molecule is CCOC(Cc1ccc(OCCn2c(=O)sc3cc(C(=NOC(C)(C)C)c4ccccc4)ccc32)cc1)C(=O)OC. The van der Waals surface area contributed by atoms with Crippen molar-refractivity contribution in [2.75, 3.05) is 20.3 Å². The summed E-state index contributed by atoms with van der Waals surface area (Å²) in [5.74, 6) is 0.284. The molecule has 1 heterocycles. The van der Waals surface area contributed by atoms with Gasteiger partial charge in [-0.2, -0.15) is 0 Å². The second-order valence-corrected chi connectivity index (χ2v) is 11.4. The number of rotatable bonds is 12. The van der Waals surface area contributed by atoms with E-state index in [4.69, 9.17) is 19.0 Å². The Morgan fingerprint density at radius 3 is 2.39 bits per heavy atom. The van der Waals surface area contributed by atoms with Crippen molar-refractivity contribution in [2.45, 2.75) is 52.4 Å². The molecule has 1 unspecified atom stereocenters. The van der Waals surface area contributed by atoms with E-state index in [1.54, 1.807) is 4.57 Å². The van der Waals surface area contributed by atoms with E-state index in [-0.39, 0.29) is 4.87 Å². The summed E-state index contributed by atoms with van der Waals surface area (Å²) in [5, 5.41) is 4.49. The summed E-state index contributed by atoms with van der Waals surface area (Å²) < 4.78 is 18.8. The molecule has 9 heteroatoms. The zero-order valence-electron chi connectivity index (χ0n) is 24.1. The Hall–Kier alpha value is -3.95. The van der Waals surface area contributed by atoms with Crippen molar-refractivity contribution in [3.8, 4) is 5.75 Å². The van der Waals surface area contributed by atoms with E-state index in [9.17, 15) is 9.59 Å². The number of esters is 1. The molecule has 0 amide bonds. The van der Waals surface area contributed by atoms with E-state index >= 15 is 0 Å². The lowest BCUT2D eigenvalue weighted by Gasteiger charge is -2.17. The van der Waals surface area contributed by atoms with Gasteiger partial charge in [0.25, 0.3) is 0 Å². The van der Waals surface area contributed by atoms with Gasteiger partial charge >= 0.3 is 10.8 Å². The minimum Gasteiger partial charge on any atom is -0.492 e. The van der Waals surface area contributed by atoms with Crippen LogP contribution in [0.5, 0.6) is 5.75 Å². The van der Waals surface area contributed by atoms with E-state index in [0.29, 0.717) is 37.6 Å². The van der Waals surface area contributed by atoms with Gasteiger partial charge in [0.15, 0.2) is 6.10 Å². The highest BCUT2D eigenvalue weighted by atomic mass is 32.1. The monoisotopic (exact) mass is 576 g/mol. The minimum atomic E-state index is -0.642. The normalized spacial score (nSPS) is 12.8. The second kappa shape index (κ2) is 13.6. The molecule has 0 fully saturated rings. The number of fused-ring (bicyclic) bond motifs is 1. The van der Waals surface area contributed by atoms with Gasteiger partial charge in [0.1, 0.15) is 23.7 Å². The highest BCUT2D eigenvalue weighted by Crippen LogP contribution is 2.23. The van der Waals surface area contributed by atoms with Crippen LogP contribution in [0.25, 0.3) is 10.2 Å². The van der Waals surface area contributed by atoms with Crippen LogP contribution in [-0.2, 0) is 32.1 Å². The Balaban J connectivity index is 1.46. The second-order valence-electron chi connectivity index (χ2n) is 10.4. The molecule has 0 aliphatic heterocycles. The number of carbonyl (C=O) groups excluding carboxylic acids is 1. The smallest absolute Gasteiger partial charge is 0.335 e. The third kappa shape index (κ3) is 8.05. The maximum atomic E-state index is 12.9. The standard InChI is InChI=1S/C32H36N2O6S/c1-6-38-27(30(35)37-5)20-22-12-15-25(16-13-22)39-19-18-34-26-17-14-24(21-28(26)41-31(34)36)29(33-40-32(2,3)4)23-10-8-7-9-11-23/h7-17,21,27H,6,18-20H2,1-5H3. The van der Waals surface area contributed by atoms with Gasteiger partial charge in [-0.15, -0.1) is 0 Å². The number of hydrogen-bond donors (Lipinski definition) is 0. The van der Waals surface area contributed by atoms with Gasteiger partial charge in [-0.05, 0) is 57.5 Å². The fraction of sp³-hybridized carbons (Fsp3) is 0.344. The van der Waals surface area contributed by atoms with Gasteiger partial charge in [-0.1, -0.05) is 65.0 Å². The predicted molar refractivity (Wildman–Crippen MR) is 162 cm³/mol. The molecule has 4 rings (SSSR count). The quantitative estimate of drug-likeness (QED) is 0.120. The molecule has 0 bridgehead atoms. The minimum absolute atomic E-state index is 0.0509. The van der Waals surface area contributed by atoms with Crippen LogP contribution >= 0.6 is 11.3 Å². The molecule has 0 aliphatic carbocycles. The van der Waals surface area contributed by atoms with Crippen LogP contribution in [0.3, 0.4) is 0 Å². The molecule has 0 aliphatic rings. The summed E-state index contributed by atoms with van der Waals surface area (Å²) in [6.45, 7) is 8.85. The summed E-state index contributed by atoms with van der Waals surface area (Å²) in [6.07, 6.45) is -0.227. The first kappa shape index (κ1) is 30.0. The maximum Gasteiger partial charge on any atom is 0.335 e. The van der Waals surface area contributed by atoms with Crippen LogP contribution in [0.15, 0.2) is 82.7 Å². The van der Waals surface area contributed by atoms with Crippen molar-refractivity contribution in [1.29, 1.82) is 0 Å². The van der Waals surface area contributed by atoms with Gasteiger partial charge in [-0.3, -0.25) is 9.36 Å². The number of carbonyl (C=O) groups is 1. The summed E-state index contributed by atoms with van der Waals surface area (Å²) in [7, 11) is 1.35. The number of nitrogens with zero attached hydrogens (tertiary/aromatic N) is 2. The average Bonchev–Trinajstić information content (AvgIpc) is 3.27. The molecule has 1 atom stereocenters. The van der Waals surface area contributed by atoms with Crippen molar-refractivity contribution < 1.29 is 23.8 Å². The van der Waals surface area contributed by atoms with Crippen molar-refractivity contribution in [3.05, 3.63) is 99.2 Å². The van der Waals surface area contributed by atoms with E-state index < -0.39 is 17.7 Å². The molecular weight excluding hydrogens is 540 g/mol. The summed E-state index contributed by atoms with van der Waals surface area (Å²) >= 11 is 1.20. The number of hydrogen-bond acceptors (Lipinski definition) is 8. The first-order valence-electron chi connectivity index (χ1n) is 13.5. The van der Waals surface area contributed by atoms with Crippen molar-refractivity contribution >= 4 is 33.2 Å². The van der Waals surface area contributed by atoms with E-state index in [1.165, 1.54) is 18.4 Å². The summed E-state index contributed by atoms with van der Waals surface area (Å²) in [6, 6.07) is 23.2. The van der Waals surface area contributed by atoms with Gasteiger partial charge in [0.05, 0.1) is 23.9 Å². The molecule has 0 radical (unpaired) electrons. The van der Waals surface area contributed by atoms with E-state index in [2.05, 4.69) is 5.16 Å². The fourth-order valence-electron chi connectivity index (χ4n) is 4.21. The largest absolute Gasteiger partial charge is 0.492 e. The Morgan fingerprint density at radius 1 is 1.00 bits per heavy atom. The third-order valence-corrected chi connectivity index (χ3v) is 7.10.